The fourth-order valence-corrected chi connectivity index (χ4v) is 2.78. The van der Waals surface area contributed by atoms with Gasteiger partial charge in [-0.3, -0.25) is 5.10 Å². The summed E-state index contributed by atoms with van der Waals surface area (Å²) >= 11 is 0. The van der Waals surface area contributed by atoms with Crippen LogP contribution >= 0.6 is 0 Å². The van der Waals surface area contributed by atoms with E-state index < -0.39 is 0 Å². The van der Waals surface area contributed by atoms with Crippen LogP contribution in [0.5, 0.6) is 5.75 Å². The Labute approximate surface area is 139 Å². The minimum atomic E-state index is 0.680. The van der Waals surface area contributed by atoms with Crippen LogP contribution < -0.4 is 10.5 Å². The average Bonchev–Trinajstić information content (AvgIpc) is 3.06. The number of benzene rings is 2. The highest BCUT2D eigenvalue weighted by atomic mass is 16.5. The Balaban J connectivity index is 1.90. The first-order valence-electron chi connectivity index (χ1n) is 7.59. The molecule has 0 bridgehead atoms. The fraction of sp³-hybridized carbons (Fsp3) is 0.0526. The van der Waals surface area contributed by atoms with Crippen molar-refractivity contribution in [3.05, 3.63) is 60.8 Å². The number of aromatic amines is 1. The molecule has 2 aromatic carbocycles. The van der Waals surface area contributed by atoms with E-state index in [-0.39, 0.29) is 0 Å². The van der Waals surface area contributed by atoms with Gasteiger partial charge in [-0.05, 0) is 24.3 Å². The number of hydrogen-bond donors (Lipinski definition) is 2. The summed E-state index contributed by atoms with van der Waals surface area (Å²) < 4.78 is 5.30. The van der Waals surface area contributed by atoms with Crippen molar-refractivity contribution in [2.75, 3.05) is 12.8 Å². The summed E-state index contributed by atoms with van der Waals surface area (Å²) in [6.07, 6.45) is 1.78. The fourth-order valence-electron chi connectivity index (χ4n) is 2.78. The summed E-state index contributed by atoms with van der Waals surface area (Å²) in [5.41, 5.74) is 11.3. The van der Waals surface area contributed by atoms with E-state index in [9.17, 15) is 0 Å². The van der Waals surface area contributed by atoms with Crippen molar-refractivity contribution in [1.82, 2.24) is 15.2 Å². The van der Waals surface area contributed by atoms with E-state index in [1.54, 1.807) is 13.3 Å². The molecule has 0 atom stereocenters. The van der Waals surface area contributed by atoms with Gasteiger partial charge in [-0.25, -0.2) is 4.98 Å². The Morgan fingerprint density at radius 3 is 2.62 bits per heavy atom. The molecule has 2 aromatic heterocycles. The van der Waals surface area contributed by atoms with Crippen molar-refractivity contribution in [2.45, 2.75) is 0 Å². The third-order valence-electron chi connectivity index (χ3n) is 4.04. The summed E-state index contributed by atoms with van der Waals surface area (Å²) in [5, 5.41) is 8.33. The summed E-state index contributed by atoms with van der Waals surface area (Å²) in [5.74, 6) is 0.759. The highest BCUT2D eigenvalue weighted by Gasteiger charge is 2.12. The lowest BCUT2D eigenvalue weighted by Gasteiger charge is -2.08. The molecule has 4 aromatic rings. The molecule has 0 radical (unpaired) electrons. The summed E-state index contributed by atoms with van der Waals surface area (Å²) in [7, 11) is 1.64. The van der Waals surface area contributed by atoms with Crippen molar-refractivity contribution in [3.63, 3.8) is 0 Å². The Morgan fingerprint density at radius 1 is 1.00 bits per heavy atom. The molecule has 0 saturated carbocycles. The maximum Gasteiger partial charge on any atom is 0.181 e. The van der Waals surface area contributed by atoms with E-state index in [2.05, 4.69) is 21.2 Å². The van der Waals surface area contributed by atoms with Gasteiger partial charge in [0.2, 0.25) is 0 Å². The number of ether oxygens (including phenoxy) is 1. The predicted octanol–water partition coefficient (Wildman–Crippen LogP) is 3.88. The SMILES string of the molecule is COc1ccc(N)c(-c2cnc3n[nH]c(-c4ccccc4)c3c2)c1. The highest BCUT2D eigenvalue weighted by Crippen LogP contribution is 2.33. The monoisotopic (exact) mass is 316 g/mol. The largest absolute Gasteiger partial charge is 0.497 e. The van der Waals surface area contributed by atoms with E-state index in [0.717, 1.165) is 33.5 Å². The van der Waals surface area contributed by atoms with E-state index >= 15 is 0 Å². The molecule has 3 N–H and O–H groups in total. The molecule has 4 rings (SSSR count). The van der Waals surface area contributed by atoms with Crippen LogP contribution in [0.3, 0.4) is 0 Å². The number of hydrogen-bond acceptors (Lipinski definition) is 4. The molecule has 24 heavy (non-hydrogen) atoms. The molecule has 0 amide bonds. The number of nitrogens with zero attached hydrogens (tertiary/aromatic N) is 2. The molecule has 5 heteroatoms. The summed E-state index contributed by atoms with van der Waals surface area (Å²) in [6, 6.07) is 17.7. The molecule has 0 aliphatic carbocycles. The van der Waals surface area contributed by atoms with E-state index in [1.807, 2.05) is 48.5 Å². The molecule has 0 fully saturated rings. The highest BCUT2D eigenvalue weighted by molar-refractivity contribution is 5.94. The predicted molar refractivity (Wildman–Crippen MR) is 95.7 cm³/mol. The van der Waals surface area contributed by atoms with Crippen LogP contribution in [0.1, 0.15) is 0 Å². The lowest BCUT2D eigenvalue weighted by molar-refractivity contribution is 0.415. The van der Waals surface area contributed by atoms with Crippen molar-refractivity contribution < 1.29 is 4.74 Å². The first kappa shape index (κ1) is 14.3. The van der Waals surface area contributed by atoms with E-state index in [4.69, 9.17) is 10.5 Å². The van der Waals surface area contributed by atoms with Gasteiger partial charge < -0.3 is 10.5 Å². The molecular formula is C19H16N4O. The maximum atomic E-state index is 6.14. The summed E-state index contributed by atoms with van der Waals surface area (Å²) in [4.78, 5) is 4.46. The lowest BCUT2D eigenvalue weighted by Crippen LogP contribution is -1.92. The number of nitrogen functional groups attached to an aromatic ring is 1. The van der Waals surface area contributed by atoms with Crippen LogP contribution in [-0.4, -0.2) is 22.3 Å². The van der Waals surface area contributed by atoms with Crippen LogP contribution in [0.4, 0.5) is 5.69 Å². The molecule has 0 aliphatic rings. The number of nitrogens with one attached hydrogen (secondary N) is 1. The summed E-state index contributed by atoms with van der Waals surface area (Å²) in [6.45, 7) is 0. The van der Waals surface area contributed by atoms with Gasteiger partial charge >= 0.3 is 0 Å². The number of pyridine rings is 1. The van der Waals surface area contributed by atoms with Gasteiger partial charge in [0.05, 0.1) is 12.8 Å². The Hall–Kier alpha value is -3.34. The Bertz CT molecular complexity index is 1010. The van der Waals surface area contributed by atoms with E-state index in [0.29, 0.717) is 11.3 Å². The van der Waals surface area contributed by atoms with Gasteiger partial charge in [0.15, 0.2) is 5.65 Å². The Morgan fingerprint density at radius 2 is 1.83 bits per heavy atom. The van der Waals surface area contributed by atoms with E-state index in [1.165, 1.54) is 0 Å². The van der Waals surface area contributed by atoms with Gasteiger partial charge in [-0.2, -0.15) is 5.10 Å². The maximum absolute atomic E-state index is 6.14. The minimum Gasteiger partial charge on any atom is -0.497 e. The van der Waals surface area contributed by atoms with Crippen LogP contribution in [0, 0.1) is 0 Å². The minimum absolute atomic E-state index is 0.680. The second-order valence-electron chi connectivity index (χ2n) is 5.51. The first-order valence-corrected chi connectivity index (χ1v) is 7.59. The van der Waals surface area contributed by atoms with Gasteiger partial charge in [0, 0.05) is 34.0 Å². The standard InChI is InChI=1S/C19H16N4O/c1-24-14-7-8-17(20)15(10-14)13-9-16-18(12-5-3-2-4-6-12)22-23-19(16)21-11-13/h2-11H,20H2,1H3,(H,21,22,23). The second-order valence-corrected chi connectivity index (χ2v) is 5.51. The quantitative estimate of drug-likeness (QED) is 0.562. The molecule has 0 spiro atoms. The van der Waals surface area contributed by atoms with Gasteiger partial charge in [0.1, 0.15) is 5.75 Å². The molecule has 2 heterocycles. The molecule has 118 valence electrons. The zero-order valence-corrected chi connectivity index (χ0v) is 13.2. The Kier molecular flexibility index (Phi) is 3.39. The number of anilines is 1. The van der Waals surface area contributed by atoms with Crippen LogP contribution in [0.25, 0.3) is 33.4 Å². The zero-order valence-electron chi connectivity index (χ0n) is 13.2. The number of rotatable bonds is 3. The third kappa shape index (κ3) is 2.36. The van der Waals surface area contributed by atoms with Crippen molar-refractivity contribution >= 4 is 16.7 Å². The number of fused-ring (bicyclic) bond motifs is 1. The smallest absolute Gasteiger partial charge is 0.181 e. The van der Waals surface area contributed by atoms with Crippen molar-refractivity contribution in [1.29, 1.82) is 0 Å². The zero-order chi connectivity index (χ0) is 16.5. The normalized spacial score (nSPS) is 10.9. The average molecular weight is 316 g/mol. The topological polar surface area (TPSA) is 76.8 Å². The number of H-pyrrole nitrogens is 1. The first-order chi connectivity index (χ1) is 11.8. The van der Waals surface area contributed by atoms with Crippen LogP contribution in [0.2, 0.25) is 0 Å². The third-order valence-corrected chi connectivity index (χ3v) is 4.04. The lowest BCUT2D eigenvalue weighted by atomic mass is 10.0. The van der Waals surface area contributed by atoms with Crippen LogP contribution in [-0.2, 0) is 0 Å². The van der Waals surface area contributed by atoms with Gasteiger partial charge in [-0.1, -0.05) is 30.3 Å². The molecule has 0 aliphatic heterocycles. The second kappa shape index (κ2) is 5.70. The van der Waals surface area contributed by atoms with Gasteiger partial charge in [0.25, 0.3) is 0 Å². The number of methoxy groups -OCH3 is 1. The van der Waals surface area contributed by atoms with Crippen molar-refractivity contribution in [3.8, 4) is 28.1 Å². The molecule has 0 saturated heterocycles. The number of aromatic nitrogens is 3. The molecule has 5 nitrogen and oxygen atoms in total. The van der Waals surface area contributed by atoms with Crippen LogP contribution in [0.15, 0.2) is 60.8 Å². The number of nitrogens with two attached hydrogens (primary N) is 1. The molecule has 0 unspecified atom stereocenters. The van der Waals surface area contributed by atoms with Crippen molar-refractivity contribution in [2.24, 2.45) is 0 Å². The van der Waals surface area contributed by atoms with Gasteiger partial charge in [-0.15, -0.1) is 0 Å². The molecular weight excluding hydrogens is 300 g/mol.